The van der Waals surface area contributed by atoms with Crippen LogP contribution < -0.4 is 10.1 Å². The van der Waals surface area contributed by atoms with E-state index in [1.807, 2.05) is 12.1 Å². The molecule has 100 valence electrons. The van der Waals surface area contributed by atoms with E-state index in [0.29, 0.717) is 24.0 Å². The fourth-order valence-corrected chi connectivity index (χ4v) is 2.19. The molecule has 0 radical (unpaired) electrons. The zero-order valence-electron chi connectivity index (χ0n) is 10.8. The average molecular weight is 260 g/mol. The van der Waals surface area contributed by atoms with E-state index in [9.17, 15) is 0 Å². The van der Waals surface area contributed by atoms with Gasteiger partial charge in [-0.25, -0.2) is 4.98 Å². The molecule has 3 rings (SSSR count). The third-order valence-electron chi connectivity index (χ3n) is 3.21. The lowest BCUT2D eigenvalue weighted by atomic mass is 10.2. The number of nitrogens with zero attached hydrogens (tertiary/aromatic N) is 3. The summed E-state index contributed by atoms with van der Waals surface area (Å²) in [6, 6.07) is 4.00. The van der Waals surface area contributed by atoms with Crippen LogP contribution in [0.3, 0.4) is 0 Å². The number of methoxy groups -OCH3 is 1. The molecule has 1 saturated heterocycles. The van der Waals surface area contributed by atoms with Gasteiger partial charge in [-0.1, -0.05) is 11.2 Å². The molecule has 0 spiro atoms. The molecule has 1 atom stereocenters. The first-order chi connectivity index (χ1) is 9.35. The largest absolute Gasteiger partial charge is 0.481 e. The number of hydrogen-bond acceptors (Lipinski definition) is 6. The predicted molar refractivity (Wildman–Crippen MR) is 67.9 cm³/mol. The van der Waals surface area contributed by atoms with Crippen LogP contribution in [-0.2, 0) is 6.42 Å². The third kappa shape index (κ3) is 2.73. The minimum atomic E-state index is 0.218. The van der Waals surface area contributed by atoms with Crippen molar-refractivity contribution < 1.29 is 9.26 Å². The lowest BCUT2D eigenvalue weighted by Gasteiger charge is -2.01. The number of pyridine rings is 1. The molecule has 6 heteroatoms. The van der Waals surface area contributed by atoms with E-state index in [1.165, 1.54) is 0 Å². The van der Waals surface area contributed by atoms with Crippen molar-refractivity contribution in [3.63, 3.8) is 0 Å². The van der Waals surface area contributed by atoms with E-state index in [4.69, 9.17) is 9.26 Å². The molecule has 0 bridgehead atoms. The molecule has 3 heterocycles. The van der Waals surface area contributed by atoms with Crippen LogP contribution in [0.15, 0.2) is 22.9 Å². The van der Waals surface area contributed by atoms with Gasteiger partial charge in [0.25, 0.3) is 0 Å². The van der Waals surface area contributed by atoms with E-state index >= 15 is 0 Å². The van der Waals surface area contributed by atoms with Gasteiger partial charge in [-0.15, -0.1) is 0 Å². The second-order valence-electron chi connectivity index (χ2n) is 4.58. The first-order valence-electron chi connectivity index (χ1n) is 6.40. The van der Waals surface area contributed by atoms with Crippen molar-refractivity contribution in [3.05, 3.63) is 35.6 Å². The Bertz CT molecular complexity index is 532. The highest BCUT2D eigenvalue weighted by atomic mass is 16.5. The van der Waals surface area contributed by atoms with Crippen LogP contribution in [-0.4, -0.2) is 28.8 Å². The Morgan fingerprint density at radius 3 is 3.11 bits per heavy atom. The van der Waals surface area contributed by atoms with Gasteiger partial charge in [0.15, 0.2) is 5.82 Å². The van der Waals surface area contributed by atoms with Gasteiger partial charge in [0.1, 0.15) is 0 Å². The minimum absolute atomic E-state index is 0.218. The van der Waals surface area contributed by atoms with E-state index in [1.54, 1.807) is 13.3 Å². The number of hydrogen-bond donors (Lipinski definition) is 1. The molecule has 0 saturated carbocycles. The van der Waals surface area contributed by atoms with Crippen LogP contribution in [0.25, 0.3) is 0 Å². The molecule has 19 heavy (non-hydrogen) atoms. The lowest BCUT2D eigenvalue weighted by molar-refractivity contribution is 0.341. The summed E-state index contributed by atoms with van der Waals surface area (Å²) in [6.45, 7) is 1.02. The maximum absolute atomic E-state index is 5.30. The zero-order chi connectivity index (χ0) is 13.1. The van der Waals surface area contributed by atoms with Crippen LogP contribution in [0.4, 0.5) is 0 Å². The smallest absolute Gasteiger partial charge is 0.243 e. The van der Waals surface area contributed by atoms with Crippen LogP contribution in [0.5, 0.6) is 5.88 Å². The summed E-state index contributed by atoms with van der Waals surface area (Å²) in [5.74, 6) is 1.98. The Morgan fingerprint density at radius 2 is 2.42 bits per heavy atom. The molecule has 1 aliphatic heterocycles. The van der Waals surface area contributed by atoms with Gasteiger partial charge < -0.3 is 14.6 Å². The average Bonchev–Trinajstić information content (AvgIpc) is 3.10. The summed E-state index contributed by atoms with van der Waals surface area (Å²) in [4.78, 5) is 8.59. The molecule has 2 aromatic rings. The quantitative estimate of drug-likeness (QED) is 0.897. The number of nitrogens with one attached hydrogen (secondary N) is 1. The maximum Gasteiger partial charge on any atom is 0.243 e. The molecule has 1 aliphatic rings. The van der Waals surface area contributed by atoms with Crippen molar-refractivity contribution in [1.29, 1.82) is 0 Å². The second-order valence-corrected chi connectivity index (χ2v) is 4.58. The summed E-state index contributed by atoms with van der Waals surface area (Å²) in [5.41, 5.74) is 1.03. The highest BCUT2D eigenvalue weighted by Crippen LogP contribution is 2.21. The lowest BCUT2D eigenvalue weighted by Crippen LogP contribution is -2.13. The zero-order valence-corrected chi connectivity index (χ0v) is 10.8. The summed E-state index contributed by atoms with van der Waals surface area (Å²) in [7, 11) is 1.60. The topological polar surface area (TPSA) is 73.1 Å². The van der Waals surface area contributed by atoms with E-state index in [-0.39, 0.29) is 6.04 Å². The van der Waals surface area contributed by atoms with Crippen LogP contribution in [0.1, 0.15) is 36.2 Å². The first-order valence-corrected chi connectivity index (χ1v) is 6.40. The molecular formula is C13H16N4O2. The maximum atomic E-state index is 5.30. The summed E-state index contributed by atoms with van der Waals surface area (Å²) >= 11 is 0. The third-order valence-corrected chi connectivity index (χ3v) is 3.21. The molecule has 6 nitrogen and oxygen atoms in total. The minimum Gasteiger partial charge on any atom is -0.481 e. The summed E-state index contributed by atoms with van der Waals surface area (Å²) in [5, 5.41) is 7.35. The normalized spacial score (nSPS) is 18.7. The van der Waals surface area contributed by atoms with E-state index in [0.717, 1.165) is 24.9 Å². The summed E-state index contributed by atoms with van der Waals surface area (Å²) < 4.78 is 10.3. The SMILES string of the molecule is COc1ccc(Cc2noc([C@@H]3CCCN3)n2)cn1. The van der Waals surface area contributed by atoms with Crippen molar-refractivity contribution in [2.24, 2.45) is 0 Å². The fraction of sp³-hybridized carbons (Fsp3) is 0.462. The van der Waals surface area contributed by atoms with Gasteiger partial charge in [-0.05, 0) is 24.9 Å². The second kappa shape index (κ2) is 5.36. The molecule has 2 aromatic heterocycles. The molecule has 0 unspecified atom stereocenters. The highest BCUT2D eigenvalue weighted by molar-refractivity contribution is 5.20. The van der Waals surface area contributed by atoms with Crippen molar-refractivity contribution in [1.82, 2.24) is 20.4 Å². The molecule has 0 aromatic carbocycles. The van der Waals surface area contributed by atoms with E-state index < -0.39 is 0 Å². The van der Waals surface area contributed by atoms with Crippen molar-refractivity contribution in [2.45, 2.75) is 25.3 Å². The Balaban J connectivity index is 1.68. The monoisotopic (exact) mass is 260 g/mol. The molecule has 1 fully saturated rings. The first kappa shape index (κ1) is 12.1. The number of aromatic nitrogens is 3. The molecular weight excluding hydrogens is 244 g/mol. The number of ether oxygens (including phenoxy) is 1. The van der Waals surface area contributed by atoms with Crippen LogP contribution in [0.2, 0.25) is 0 Å². The highest BCUT2D eigenvalue weighted by Gasteiger charge is 2.22. The Labute approximate surface area is 111 Å². The van der Waals surface area contributed by atoms with Crippen LogP contribution >= 0.6 is 0 Å². The van der Waals surface area contributed by atoms with Gasteiger partial charge >= 0.3 is 0 Å². The Kier molecular flexibility index (Phi) is 3.41. The fourth-order valence-electron chi connectivity index (χ4n) is 2.19. The van der Waals surface area contributed by atoms with Gasteiger partial charge in [0.05, 0.1) is 13.2 Å². The Morgan fingerprint density at radius 1 is 1.47 bits per heavy atom. The van der Waals surface area contributed by atoms with Gasteiger partial charge in [0, 0.05) is 18.7 Å². The van der Waals surface area contributed by atoms with Crippen LogP contribution in [0, 0.1) is 0 Å². The van der Waals surface area contributed by atoms with E-state index in [2.05, 4.69) is 20.4 Å². The standard InChI is InChI=1S/C13H16N4O2/c1-18-12-5-4-9(8-15-12)7-11-16-13(19-17-11)10-3-2-6-14-10/h4-5,8,10,14H,2-3,6-7H2,1H3/t10-/m0/s1. The molecule has 0 amide bonds. The van der Waals surface area contributed by atoms with Gasteiger partial charge in [-0.3, -0.25) is 0 Å². The van der Waals surface area contributed by atoms with Crippen molar-refractivity contribution in [3.8, 4) is 5.88 Å². The Hall–Kier alpha value is -1.95. The predicted octanol–water partition coefficient (Wildman–Crippen LogP) is 1.49. The van der Waals surface area contributed by atoms with Crippen molar-refractivity contribution in [2.75, 3.05) is 13.7 Å². The van der Waals surface area contributed by atoms with Gasteiger partial charge in [0.2, 0.25) is 11.8 Å². The molecule has 0 aliphatic carbocycles. The summed E-state index contributed by atoms with van der Waals surface area (Å²) in [6.07, 6.45) is 4.60. The number of rotatable bonds is 4. The molecule has 1 N–H and O–H groups in total. The van der Waals surface area contributed by atoms with Crippen molar-refractivity contribution >= 4 is 0 Å². The van der Waals surface area contributed by atoms with Gasteiger partial charge in [-0.2, -0.15) is 4.98 Å².